The van der Waals surface area contributed by atoms with Gasteiger partial charge in [-0.2, -0.15) is 0 Å². The van der Waals surface area contributed by atoms with E-state index in [0.717, 1.165) is 0 Å². The van der Waals surface area contributed by atoms with Crippen LogP contribution in [0.15, 0.2) is 42.5 Å². The number of amides is 1. The van der Waals surface area contributed by atoms with Gasteiger partial charge in [-0.3, -0.25) is 19.8 Å². The average Bonchev–Trinajstić information content (AvgIpc) is 2.57. The maximum atomic E-state index is 13.9. The molecule has 0 saturated carbocycles. The maximum absolute atomic E-state index is 13.9. The van der Waals surface area contributed by atoms with Crippen molar-refractivity contribution in [1.29, 1.82) is 0 Å². The minimum atomic E-state index is -0.657. The van der Waals surface area contributed by atoms with Crippen LogP contribution in [0.3, 0.4) is 0 Å². The van der Waals surface area contributed by atoms with Crippen LogP contribution in [0.25, 0.3) is 0 Å². The molecular formula is C17H17ClFN3O3. The number of rotatable bonds is 6. The van der Waals surface area contributed by atoms with Crippen molar-refractivity contribution >= 4 is 28.9 Å². The van der Waals surface area contributed by atoms with E-state index in [4.69, 9.17) is 11.6 Å². The monoisotopic (exact) mass is 365 g/mol. The molecule has 0 spiro atoms. The fourth-order valence-electron chi connectivity index (χ4n) is 2.25. The fourth-order valence-corrected chi connectivity index (χ4v) is 2.47. The van der Waals surface area contributed by atoms with Crippen LogP contribution in [0.2, 0.25) is 5.02 Å². The zero-order valence-electron chi connectivity index (χ0n) is 13.7. The van der Waals surface area contributed by atoms with Crippen LogP contribution in [-0.4, -0.2) is 28.8 Å². The number of nitro groups is 1. The van der Waals surface area contributed by atoms with Crippen molar-refractivity contribution in [3.63, 3.8) is 0 Å². The van der Waals surface area contributed by atoms with Crippen molar-refractivity contribution in [3.05, 3.63) is 69.0 Å². The van der Waals surface area contributed by atoms with Crippen LogP contribution in [0.4, 0.5) is 15.8 Å². The molecule has 2 aromatic rings. The molecule has 8 heteroatoms. The second kappa shape index (κ2) is 8.04. The lowest BCUT2D eigenvalue weighted by molar-refractivity contribution is -0.383. The lowest BCUT2D eigenvalue weighted by Gasteiger charge is -2.24. The number of hydrogen-bond donors (Lipinski definition) is 1. The molecule has 0 fully saturated rings. The Bertz CT molecular complexity index is 780. The molecular weight excluding hydrogens is 349 g/mol. The van der Waals surface area contributed by atoms with Gasteiger partial charge in [0.1, 0.15) is 11.5 Å². The average molecular weight is 366 g/mol. The van der Waals surface area contributed by atoms with Crippen molar-refractivity contribution in [2.24, 2.45) is 0 Å². The molecule has 1 atom stereocenters. The van der Waals surface area contributed by atoms with E-state index in [1.54, 1.807) is 31.0 Å². The first-order valence-corrected chi connectivity index (χ1v) is 7.86. The molecule has 0 aliphatic carbocycles. The number of carbonyl (C=O) groups is 1. The number of nitrogens with one attached hydrogen (secondary N) is 1. The Balaban J connectivity index is 2.11. The summed E-state index contributed by atoms with van der Waals surface area (Å²) in [5.74, 6) is -0.894. The summed E-state index contributed by atoms with van der Waals surface area (Å²) < 4.78 is 13.9. The first kappa shape index (κ1) is 18.8. The number of carbonyl (C=O) groups excluding carboxylic acids is 1. The Labute approximate surface area is 149 Å². The SMILES string of the molecule is C[C@H](C(=O)Nc1ccccc1[N+](=O)[O-])N(C)Cc1c(F)cccc1Cl. The molecule has 2 rings (SSSR count). The lowest BCUT2D eigenvalue weighted by Crippen LogP contribution is -2.39. The van der Waals surface area contributed by atoms with E-state index < -0.39 is 22.7 Å². The number of anilines is 1. The topological polar surface area (TPSA) is 75.5 Å². The third-order valence-corrected chi connectivity index (χ3v) is 4.22. The summed E-state index contributed by atoms with van der Waals surface area (Å²) in [5, 5.41) is 13.8. The van der Waals surface area contributed by atoms with Crippen LogP contribution in [0, 0.1) is 15.9 Å². The van der Waals surface area contributed by atoms with E-state index in [1.807, 2.05) is 0 Å². The maximum Gasteiger partial charge on any atom is 0.292 e. The Morgan fingerprint density at radius 1 is 1.32 bits per heavy atom. The van der Waals surface area contributed by atoms with Crippen LogP contribution in [0.1, 0.15) is 12.5 Å². The fraction of sp³-hybridized carbons (Fsp3) is 0.235. The highest BCUT2D eigenvalue weighted by Gasteiger charge is 2.23. The predicted molar refractivity (Wildman–Crippen MR) is 94.1 cm³/mol. The number of hydrogen-bond acceptors (Lipinski definition) is 4. The highest BCUT2D eigenvalue weighted by molar-refractivity contribution is 6.31. The summed E-state index contributed by atoms with van der Waals surface area (Å²) in [4.78, 5) is 24.4. The molecule has 0 heterocycles. The highest BCUT2D eigenvalue weighted by atomic mass is 35.5. The number of nitro benzene ring substituents is 1. The molecule has 1 N–H and O–H groups in total. The molecule has 6 nitrogen and oxygen atoms in total. The predicted octanol–water partition coefficient (Wildman–Crippen LogP) is 3.85. The quantitative estimate of drug-likeness (QED) is 0.623. The molecule has 25 heavy (non-hydrogen) atoms. The van der Waals surface area contributed by atoms with Crippen LogP contribution >= 0.6 is 11.6 Å². The summed E-state index contributed by atoms with van der Waals surface area (Å²) in [7, 11) is 1.65. The number of para-hydroxylation sites is 2. The van der Waals surface area contributed by atoms with Gasteiger partial charge in [-0.05, 0) is 32.2 Å². The summed E-state index contributed by atoms with van der Waals surface area (Å²) in [6.07, 6.45) is 0. The van der Waals surface area contributed by atoms with Gasteiger partial charge in [0, 0.05) is 23.2 Å². The van der Waals surface area contributed by atoms with Gasteiger partial charge in [-0.15, -0.1) is 0 Å². The van der Waals surface area contributed by atoms with Gasteiger partial charge in [0.05, 0.1) is 11.0 Å². The van der Waals surface area contributed by atoms with Gasteiger partial charge in [-0.25, -0.2) is 4.39 Å². The largest absolute Gasteiger partial charge is 0.319 e. The summed E-state index contributed by atoms with van der Waals surface area (Å²) in [6.45, 7) is 1.75. The molecule has 0 aromatic heterocycles. The van der Waals surface area contributed by atoms with Gasteiger partial charge >= 0.3 is 0 Å². The van der Waals surface area contributed by atoms with Crippen molar-refractivity contribution in [3.8, 4) is 0 Å². The second-order valence-electron chi connectivity index (χ2n) is 5.55. The zero-order chi connectivity index (χ0) is 18.6. The molecule has 0 aliphatic heterocycles. The molecule has 0 saturated heterocycles. The van der Waals surface area contributed by atoms with Gasteiger partial charge in [0.15, 0.2) is 0 Å². The minimum absolute atomic E-state index is 0.113. The molecule has 2 aromatic carbocycles. The third-order valence-electron chi connectivity index (χ3n) is 3.87. The Hall–Kier alpha value is -2.51. The van der Waals surface area contributed by atoms with Crippen LogP contribution < -0.4 is 5.32 Å². The van der Waals surface area contributed by atoms with Gasteiger partial charge in [0.2, 0.25) is 5.91 Å². The molecule has 0 aliphatic rings. The lowest BCUT2D eigenvalue weighted by atomic mass is 10.1. The summed E-state index contributed by atoms with van der Waals surface area (Å²) >= 11 is 6.00. The first-order chi connectivity index (χ1) is 11.8. The van der Waals surface area contributed by atoms with Crippen molar-refractivity contribution in [2.75, 3.05) is 12.4 Å². The first-order valence-electron chi connectivity index (χ1n) is 7.48. The molecule has 0 radical (unpaired) electrons. The highest BCUT2D eigenvalue weighted by Crippen LogP contribution is 2.24. The zero-order valence-corrected chi connectivity index (χ0v) is 14.5. The van der Waals surface area contributed by atoms with E-state index in [2.05, 4.69) is 5.32 Å². The number of likely N-dealkylation sites (N-methyl/N-ethyl adjacent to an activating group) is 1. The number of halogens is 2. The Kier molecular flexibility index (Phi) is 6.06. The van der Waals surface area contributed by atoms with Crippen LogP contribution in [0.5, 0.6) is 0 Å². The number of nitrogens with zero attached hydrogens (tertiary/aromatic N) is 2. The van der Waals surface area contributed by atoms with Gasteiger partial charge < -0.3 is 5.32 Å². The summed E-state index contributed by atoms with van der Waals surface area (Å²) in [6, 6.07) is 9.60. The normalized spacial score (nSPS) is 12.0. The van der Waals surface area contributed by atoms with E-state index >= 15 is 0 Å². The summed E-state index contributed by atoms with van der Waals surface area (Å²) in [5.41, 5.74) is 0.210. The molecule has 0 bridgehead atoms. The van der Waals surface area contributed by atoms with E-state index in [-0.39, 0.29) is 28.5 Å². The van der Waals surface area contributed by atoms with Crippen molar-refractivity contribution < 1.29 is 14.1 Å². The van der Waals surface area contributed by atoms with Gasteiger partial charge in [-0.1, -0.05) is 29.8 Å². The number of benzene rings is 2. The Morgan fingerprint density at radius 2 is 2.00 bits per heavy atom. The second-order valence-corrected chi connectivity index (χ2v) is 5.96. The van der Waals surface area contributed by atoms with Crippen molar-refractivity contribution in [1.82, 2.24) is 4.90 Å². The van der Waals surface area contributed by atoms with Gasteiger partial charge in [0.25, 0.3) is 5.69 Å². The molecule has 0 unspecified atom stereocenters. The van der Waals surface area contributed by atoms with Crippen molar-refractivity contribution in [2.45, 2.75) is 19.5 Å². The van der Waals surface area contributed by atoms with E-state index in [9.17, 15) is 19.3 Å². The third kappa shape index (κ3) is 4.52. The standard InChI is InChI=1S/C17H17ClFN3O3/c1-11(21(2)10-12-13(18)6-5-7-14(12)19)17(23)20-15-8-3-4-9-16(15)22(24)25/h3-9,11H,10H2,1-2H3,(H,20,23)/t11-/m1/s1. The van der Waals surface area contributed by atoms with E-state index in [0.29, 0.717) is 0 Å². The molecule has 1 amide bonds. The minimum Gasteiger partial charge on any atom is -0.319 e. The van der Waals surface area contributed by atoms with Crippen LogP contribution in [-0.2, 0) is 11.3 Å². The Morgan fingerprint density at radius 3 is 2.64 bits per heavy atom. The van der Waals surface area contributed by atoms with E-state index in [1.165, 1.54) is 30.3 Å². The molecule has 132 valence electrons. The smallest absolute Gasteiger partial charge is 0.292 e.